The molecule has 0 saturated heterocycles. The van der Waals surface area contributed by atoms with Crippen molar-refractivity contribution in [2.45, 2.75) is 32.9 Å². The van der Waals surface area contributed by atoms with Gasteiger partial charge in [-0.05, 0) is 53.5 Å². The van der Waals surface area contributed by atoms with Gasteiger partial charge in [0.1, 0.15) is 0 Å². The van der Waals surface area contributed by atoms with Crippen LogP contribution < -0.4 is 5.32 Å². The molecule has 4 nitrogen and oxygen atoms in total. The summed E-state index contributed by atoms with van der Waals surface area (Å²) >= 11 is 3.47. The van der Waals surface area contributed by atoms with Crippen molar-refractivity contribution in [3.8, 4) is 0 Å². The third-order valence-corrected chi connectivity index (χ3v) is 4.97. The molecule has 0 bridgehead atoms. The summed E-state index contributed by atoms with van der Waals surface area (Å²) in [6, 6.07) is 12.0. The number of aromatic nitrogens is 1. The lowest BCUT2D eigenvalue weighted by molar-refractivity contribution is 0.165. The van der Waals surface area contributed by atoms with Crippen molar-refractivity contribution in [1.29, 1.82) is 0 Å². The van der Waals surface area contributed by atoms with E-state index in [1.54, 1.807) is 0 Å². The second-order valence-electron chi connectivity index (χ2n) is 5.58. The second-order valence-corrected chi connectivity index (χ2v) is 6.43. The van der Waals surface area contributed by atoms with Crippen molar-refractivity contribution in [1.82, 2.24) is 9.47 Å². The number of hydrogen-bond acceptors (Lipinski definition) is 1. The number of benzene rings is 1. The molecule has 5 heteroatoms. The number of amides is 2. The maximum atomic E-state index is 12.7. The Hall–Kier alpha value is -1.75. The molecule has 2 aromatic rings. The van der Waals surface area contributed by atoms with Crippen molar-refractivity contribution in [3.63, 3.8) is 0 Å². The van der Waals surface area contributed by atoms with Gasteiger partial charge >= 0.3 is 6.03 Å². The molecule has 0 spiro atoms. The Bertz CT molecular complexity index is 695. The Morgan fingerprint density at radius 3 is 2.77 bits per heavy atom. The fourth-order valence-corrected chi connectivity index (χ4v) is 3.52. The number of nitrogens with zero attached hydrogens (tertiary/aromatic N) is 2. The van der Waals surface area contributed by atoms with Crippen LogP contribution in [0.2, 0.25) is 0 Å². The van der Waals surface area contributed by atoms with Crippen molar-refractivity contribution < 1.29 is 4.79 Å². The Morgan fingerprint density at radius 1 is 1.27 bits per heavy atom. The van der Waals surface area contributed by atoms with Crippen LogP contribution in [0.1, 0.15) is 30.8 Å². The van der Waals surface area contributed by atoms with E-state index >= 15 is 0 Å². The van der Waals surface area contributed by atoms with Crippen molar-refractivity contribution in [2.24, 2.45) is 0 Å². The quantitative estimate of drug-likeness (QED) is 0.836. The van der Waals surface area contributed by atoms with Gasteiger partial charge in [0.2, 0.25) is 0 Å². The molecule has 1 aromatic heterocycles. The highest BCUT2D eigenvalue weighted by Crippen LogP contribution is 2.31. The van der Waals surface area contributed by atoms with Gasteiger partial charge in [-0.15, -0.1) is 0 Å². The predicted octanol–water partition coefficient (Wildman–Crippen LogP) is 4.56. The van der Waals surface area contributed by atoms with Crippen LogP contribution in [-0.4, -0.2) is 22.0 Å². The minimum Gasteiger partial charge on any atom is -0.345 e. The number of carbonyl (C=O) groups is 1. The van der Waals surface area contributed by atoms with Gasteiger partial charge in [-0.25, -0.2) is 4.79 Å². The predicted molar refractivity (Wildman–Crippen MR) is 92.1 cm³/mol. The molecule has 0 fully saturated rings. The number of rotatable bonds is 2. The van der Waals surface area contributed by atoms with E-state index in [1.165, 1.54) is 11.4 Å². The molecule has 1 aliphatic heterocycles. The van der Waals surface area contributed by atoms with Gasteiger partial charge < -0.3 is 14.8 Å². The van der Waals surface area contributed by atoms with Gasteiger partial charge in [0.25, 0.3) is 0 Å². The van der Waals surface area contributed by atoms with Crippen LogP contribution >= 0.6 is 15.9 Å². The summed E-state index contributed by atoms with van der Waals surface area (Å²) in [6.45, 7) is 5.83. The smallest absolute Gasteiger partial charge is 0.322 e. The number of carbonyl (C=O) groups excluding carboxylic acids is 1. The molecule has 2 heterocycles. The molecular formula is C17H20BrN3O. The van der Waals surface area contributed by atoms with E-state index in [2.05, 4.69) is 51.8 Å². The first-order valence-electron chi connectivity index (χ1n) is 7.60. The fourth-order valence-electron chi connectivity index (χ4n) is 3.13. The number of aryl methyl sites for hydroxylation is 1. The zero-order valence-corrected chi connectivity index (χ0v) is 14.4. The highest BCUT2D eigenvalue weighted by atomic mass is 79.9. The van der Waals surface area contributed by atoms with Crippen molar-refractivity contribution in [2.75, 3.05) is 11.9 Å². The SMILES string of the molecule is CCC1c2ccc(C)n2CCN1C(=O)Nc1ccccc1Br. The van der Waals surface area contributed by atoms with Gasteiger partial charge in [-0.2, -0.15) is 0 Å². The number of fused-ring (bicyclic) bond motifs is 1. The lowest BCUT2D eigenvalue weighted by atomic mass is 10.1. The van der Waals surface area contributed by atoms with E-state index in [4.69, 9.17) is 0 Å². The summed E-state index contributed by atoms with van der Waals surface area (Å²) < 4.78 is 3.21. The third-order valence-electron chi connectivity index (χ3n) is 4.28. The molecule has 3 rings (SSSR count). The highest BCUT2D eigenvalue weighted by Gasteiger charge is 2.30. The lowest BCUT2D eigenvalue weighted by Crippen LogP contribution is -2.44. The normalized spacial score (nSPS) is 17.2. The van der Waals surface area contributed by atoms with Crippen LogP contribution in [0.4, 0.5) is 10.5 Å². The van der Waals surface area contributed by atoms with Crippen LogP contribution in [0.15, 0.2) is 40.9 Å². The summed E-state index contributed by atoms with van der Waals surface area (Å²) in [6.07, 6.45) is 0.910. The van der Waals surface area contributed by atoms with E-state index in [0.717, 1.165) is 29.7 Å². The monoisotopic (exact) mass is 361 g/mol. The van der Waals surface area contributed by atoms with Gasteiger partial charge in [0, 0.05) is 29.0 Å². The molecular weight excluding hydrogens is 342 g/mol. The Morgan fingerprint density at radius 2 is 2.05 bits per heavy atom. The zero-order chi connectivity index (χ0) is 15.7. The van der Waals surface area contributed by atoms with Crippen LogP contribution in [0.5, 0.6) is 0 Å². The first-order chi connectivity index (χ1) is 10.6. The Labute approximate surface area is 139 Å². The molecule has 1 unspecified atom stereocenters. The number of para-hydroxylation sites is 1. The Balaban J connectivity index is 1.83. The van der Waals surface area contributed by atoms with Crippen molar-refractivity contribution >= 4 is 27.6 Å². The van der Waals surface area contributed by atoms with E-state index < -0.39 is 0 Å². The molecule has 0 radical (unpaired) electrons. The first kappa shape index (κ1) is 15.2. The molecule has 116 valence electrons. The standard InChI is InChI=1S/C17H20BrN3O/c1-3-15-16-9-8-12(2)20(16)10-11-21(15)17(22)19-14-7-5-4-6-13(14)18/h4-9,15H,3,10-11H2,1-2H3,(H,19,22). The van der Waals surface area contributed by atoms with E-state index in [-0.39, 0.29) is 12.1 Å². The molecule has 0 saturated carbocycles. The number of urea groups is 1. The van der Waals surface area contributed by atoms with Gasteiger partial charge in [0.05, 0.1) is 11.7 Å². The maximum Gasteiger partial charge on any atom is 0.322 e. The molecule has 1 aliphatic rings. The number of nitrogens with one attached hydrogen (secondary N) is 1. The number of hydrogen-bond donors (Lipinski definition) is 1. The van der Waals surface area contributed by atoms with Gasteiger partial charge in [-0.3, -0.25) is 0 Å². The number of halogens is 1. The average molecular weight is 362 g/mol. The van der Waals surface area contributed by atoms with Gasteiger partial charge in [0.15, 0.2) is 0 Å². The molecule has 1 atom stereocenters. The second kappa shape index (κ2) is 6.16. The summed E-state index contributed by atoms with van der Waals surface area (Å²) in [7, 11) is 0. The van der Waals surface area contributed by atoms with E-state index in [9.17, 15) is 4.79 Å². The summed E-state index contributed by atoms with van der Waals surface area (Å²) in [5.74, 6) is 0. The molecule has 1 N–H and O–H groups in total. The summed E-state index contributed by atoms with van der Waals surface area (Å²) in [5.41, 5.74) is 3.30. The molecule has 2 amide bonds. The van der Waals surface area contributed by atoms with Crippen LogP contribution in [0.25, 0.3) is 0 Å². The average Bonchev–Trinajstić information content (AvgIpc) is 2.90. The maximum absolute atomic E-state index is 12.7. The first-order valence-corrected chi connectivity index (χ1v) is 8.39. The molecule has 1 aromatic carbocycles. The van der Waals surface area contributed by atoms with Gasteiger partial charge in [-0.1, -0.05) is 19.1 Å². The minimum absolute atomic E-state index is 0.0381. The minimum atomic E-state index is -0.0381. The number of anilines is 1. The summed E-state index contributed by atoms with van der Waals surface area (Å²) in [5, 5.41) is 3.01. The highest BCUT2D eigenvalue weighted by molar-refractivity contribution is 9.10. The van der Waals surface area contributed by atoms with E-state index in [0.29, 0.717) is 0 Å². The third kappa shape index (κ3) is 2.65. The lowest BCUT2D eigenvalue weighted by Gasteiger charge is -2.37. The molecule has 22 heavy (non-hydrogen) atoms. The van der Waals surface area contributed by atoms with Crippen molar-refractivity contribution in [3.05, 3.63) is 52.3 Å². The van der Waals surface area contributed by atoms with Crippen LogP contribution in [0, 0.1) is 6.92 Å². The fraction of sp³-hybridized carbons (Fsp3) is 0.353. The molecule has 0 aliphatic carbocycles. The van der Waals surface area contributed by atoms with Crippen LogP contribution in [-0.2, 0) is 6.54 Å². The summed E-state index contributed by atoms with van der Waals surface area (Å²) in [4.78, 5) is 14.6. The van der Waals surface area contributed by atoms with E-state index in [1.807, 2.05) is 29.2 Å². The topological polar surface area (TPSA) is 37.3 Å². The zero-order valence-electron chi connectivity index (χ0n) is 12.8. The van der Waals surface area contributed by atoms with Crippen LogP contribution in [0.3, 0.4) is 0 Å². The largest absolute Gasteiger partial charge is 0.345 e. The Kier molecular flexibility index (Phi) is 4.25.